The molecule has 0 bridgehead atoms. The number of carbonyl (C=O) groups excluding carboxylic acids is 1. The van der Waals surface area contributed by atoms with E-state index in [-0.39, 0.29) is 18.7 Å². The molecule has 1 unspecified atom stereocenters. The third kappa shape index (κ3) is 3.36. The lowest BCUT2D eigenvalue weighted by atomic mass is 9.97. The number of amides is 2. The number of urea groups is 1. The van der Waals surface area contributed by atoms with Gasteiger partial charge in [0.05, 0.1) is 25.8 Å². The average molecular weight is 272 g/mol. The smallest absolute Gasteiger partial charge is 0.329 e. The van der Waals surface area contributed by atoms with E-state index >= 15 is 0 Å². The largest absolute Gasteiger partial charge is 0.480 e. The number of rotatable bonds is 3. The van der Waals surface area contributed by atoms with E-state index in [0.29, 0.717) is 32.8 Å². The van der Waals surface area contributed by atoms with Gasteiger partial charge < -0.3 is 24.4 Å². The standard InChI is InChI=1S/C12H20N2O5/c1-9-5-13(3-4-18-9)11(17)14-7-12(2,8-14)19-6-10(15)16/h9H,3-8H2,1-2H3,(H,15,16). The van der Waals surface area contributed by atoms with Crippen LogP contribution in [0.4, 0.5) is 4.79 Å². The van der Waals surface area contributed by atoms with Crippen LogP contribution in [-0.2, 0) is 14.3 Å². The molecule has 0 radical (unpaired) electrons. The van der Waals surface area contributed by atoms with Crippen LogP contribution >= 0.6 is 0 Å². The Kier molecular flexibility index (Phi) is 3.96. The Labute approximate surface area is 112 Å². The molecule has 0 aromatic carbocycles. The zero-order valence-corrected chi connectivity index (χ0v) is 11.3. The van der Waals surface area contributed by atoms with Crippen molar-refractivity contribution in [3.8, 4) is 0 Å². The molecule has 7 nitrogen and oxygen atoms in total. The number of hydrogen-bond donors (Lipinski definition) is 1. The Balaban J connectivity index is 1.79. The molecule has 0 saturated carbocycles. The topological polar surface area (TPSA) is 79.3 Å². The summed E-state index contributed by atoms with van der Waals surface area (Å²) in [5.74, 6) is -0.993. The number of aliphatic carboxylic acids is 1. The maximum Gasteiger partial charge on any atom is 0.329 e. The Hall–Kier alpha value is -1.34. The molecule has 1 N–H and O–H groups in total. The fourth-order valence-corrected chi connectivity index (χ4v) is 2.42. The van der Waals surface area contributed by atoms with Crippen LogP contribution in [0, 0.1) is 0 Å². The van der Waals surface area contributed by atoms with Crippen LogP contribution in [0.25, 0.3) is 0 Å². The van der Waals surface area contributed by atoms with Gasteiger partial charge in [-0.1, -0.05) is 0 Å². The van der Waals surface area contributed by atoms with E-state index in [1.54, 1.807) is 9.80 Å². The molecule has 108 valence electrons. The van der Waals surface area contributed by atoms with E-state index in [1.165, 1.54) is 0 Å². The number of ether oxygens (including phenoxy) is 2. The van der Waals surface area contributed by atoms with Crippen molar-refractivity contribution in [1.82, 2.24) is 9.80 Å². The number of likely N-dealkylation sites (tertiary alicyclic amines) is 1. The summed E-state index contributed by atoms with van der Waals surface area (Å²) in [6.07, 6.45) is 0.0635. The molecule has 2 rings (SSSR count). The van der Waals surface area contributed by atoms with Gasteiger partial charge in [0.1, 0.15) is 12.2 Å². The van der Waals surface area contributed by atoms with Crippen LogP contribution in [0.15, 0.2) is 0 Å². The van der Waals surface area contributed by atoms with Gasteiger partial charge in [-0.25, -0.2) is 9.59 Å². The summed E-state index contributed by atoms with van der Waals surface area (Å²) in [5.41, 5.74) is -0.536. The molecule has 0 aromatic heterocycles. The molecule has 7 heteroatoms. The lowest BCUT2D eigenvalue weighted by Gasteiger charge is -2.49. The quantitative estimate of drug-likeness (QED) is 0.782. The van der Waals surface area contributed by atoms with Crippen LogP contribution in [-0.4, -0.2) is 78.0 Å². The Morgan fingerprint density at radius 2 is 2.11 bits per heavy atom. The van der Waals surface area contributed by atoms with Crippen molar-refractivity contribution in [2.24, 2.45) is 0 Å². The fourth-order valence-electron chi connectivity index (χ4n) is 2.42. The highest BCUT2D eigenvalue weighted by Gasteiger charge is 2.44. The summed E-state index contributed by atoms with van der Waals surface area (Å²) in [7, 11) is 0. The third-order valence-electron chi connectivity index (χ3n) is 3.38. The number of carboxylic acids is 1. The van der Waals surface area contributed by atoms with Gasteiger partial charge in [0.15, 0.2) is 0 Å². The second kappa shape index (κ2) is 5.34. The zero-order chi connectivity index (χ0) is 14.0. The number of carboxylic acid groups (broad SMARTS) is 1. The maximum absolute atomic E-state index is 12.2. The molecule has 2 fully saturated rings. The molecule has 1 atom stereocenters. The van der Waals surface area contributed by atoms with E-state index < -0.39 is 11.6 Å². The first-order valence-electron chi connectivity index (χ1n) is 6.41. The van der Waals surface area contributed by atoms with Gasteiger partial charge in [-0.3, -0.25) is 0 Å². The lowest BCUT2D eigenvalue weighted by molar-refractivity contribution is -0.160. The lowest BCUT2D eigenvalue weighted by Crippen LogP contribution is -2.66. The van der Waals surface area contributed by atoms with E-state index in [1.807, 2.05) is 13.8 Å². The van der Waals surface area contributed by atoms with Crippen molar-refractivity contribution < 1.29 is 24.2 Å². The summed E-state index contributed by atoms with van der Waals surface area (Å²) in [5, 5.41) is 8.58. The van der Waals surface area contributed by atoms with Crippen LogP contribution < -0.4 is 0 Å². The molecule has 0 aromatic rings. The maximum atomic E-state index is 12.2. The van der Waals surface area contributed by atoms with Gasteiger partial charge in [0.25, 0.3) is 0 Å². The number of morpholine rings is 1. The van der Waals surface area contributed by atoms with Gasteiger partial charge >= 0.3 is 12.0 Å². The first-order chi connectivity index (χ1) is 8.89. The molecule has 2 heterocycles. The van der Waals surface area contributed by atoms with Crippen molar-refractivity contribution >= 4 is 12.0 Å². The summed E-state index contributed by atoms with van der Waals surface area (Å²) in [4.78, 5) is 26.1. The SMILES string of the molecule is CC1CN(C(=O)N2CC(C)(OCC(=O)O)C2)CCO1. The van der Waals surface area contributed by atoms with Crippen LogP contribution in [0.1, 0.15) is 13.8 Å². The highest BCUT2D eigenvalue weighted by Crippen LogP contribution is 2.26. The average Bonchev–Trinajstić information content (AvgIpc) is 2.32. The Morgan fingerprint density at radius 1 is 1.42 bits per heavy atom. The van der Waals surface area contributed by atoms with Crippen molar-refractivity contribution in [3.05, 3.63) is 0 Å². The van der Waals surface area contributed by atoms with Gasteiger partial charge in [-0.15, -0.1) is 0 Å². The molecule has 2 amide bonds. The predicted octanol–water partition coefficient (Wildman–Crippen LogP) is 0.00260. The van der Waals surface area contributed by atoms with Crippen molar-refractivity contribution in [2.45, 2.75) is 25.6 Å². The molecular formula is C12H20N2O5. The second-order valence-electron chi connectivity index (χ2n) is 5.40. The molecule has 19 heavy (non-hydrogen) atoms. The number of carbonyl (C=O) groups is 2. The minimum atomic E-state index is -0.993. The van der Waals surface area contributed by atoms with Gasteiger partial charge in [-0.05, 0) is 13.8 Å². The summed E-state index contributed by atoms with van der Waals surface area (Å²) in [6.45, 7) is 6.07. The number of nitrogens with zero attached hydrogens (tertiary/aromatic N) is 2. The second-order valence-corrected chi connectivity index (χ2v) is 5.40. The molecule has 2 saturated heterocycles. The summed E-state index contributed by atoms with van der Waals surface area (Å²) < 4.78 is 10.7. The van der Waals surface area contributed by atoms with E-state index in [0.717, 1.165) is 0 Å². The fraction of sp³-hybridized carbons (Fsp3) is 0.833. The minimum absolute atomic E-state index is 0.0217. The van der Waals surface area contributed by atoms with Gasteiger partial charge in [-0.2, -0.15) is 0 Å². The van der Waals surface area contributed by atoms with Crippen LogP contribution in [0.2, 0.25) is 0 Å². The first kappa shape index (κ1) is 14.1. The molecule has 2 aliphatic rings. The Bertz CT molecular complexity index is 367. The third-order valence-corrected chi connectivity index (χ3v) is 3.38. The normalized spacial score (nSPS) is 25.9. The van der Waals surface area contributed by atoms with Crippen LogP contribution in [0.5, 0.6) is 0 Å². The van der Waals surface area contributed by atoms with E-state index in [4.69, 9.17) is 14.6 Å². The summed E-state index contributed by atoms with van der Waals surface area (Å²) >= 11 is 0. The zero-order valence-electron chi connectivity index (χ0n) is 11.3. The monoisotopic (exact) mass is 272 g/mol. The van der Waals surface area contributed by atoms with Crippen molar-refractivity contribution in [3.63, 3.8) is 0 Å². The molecular weight excluding hydrogens is 252 g/mol. The van der Waals surface area contributed by atoms with E-state index in [9.17, 15) is 9.59 Å². The molecule has 0 spiro atoms. The highest BCUT2D eigenvalue weighted by atomic mass is 16.5. The van der Waals surface area contributed by atoms with Crippen molar-refractivity contribution in [1.29, 1.82) is 0 Å². The Morgan fingerprint density at radius 3 is 2.68 bits per heavy atom. The summed E-state index contributed by atoms with van der Waals surface area (Å²) in [6, 6.07) is -0.0217. The minimum Gasteiger partial charge on any atom is -0.480 e. The highest BCUT2D eigenvalue weighted by molar-refractivity contribution is 5.76. The van der Waals surface area contributed by atoms with Crippen molar-refractivity contribution in [2.75, 3.05) is 39.4 Å². The van der Waals surface area contributed by atoms with Crippen LogP contribution in [0.3, 0.4) is 0 Å². The molecule has 2 aliphatic heterocycles. The number of hydrogen-bond acceptors (Lipinski definition) is 4. The first-order valence-corrected chi connectivity index (χ1v) is 6.41. The molecule has 0 aliphatic carbocycles. The van der Waals surface area contributed by atoms with Gasteiger partial charge in [0.2, 0.25) is 0 Å². The van der Waals surface area contributed by atoms with Gasteiger partial charge in [0, 0.05) is 13.1 Å². The predicted molar refractivity (Wildman–Crippen MR) is 65.9 cm³/mol. The van der Waals surface area contributed by atoms with E-state index in [2.05, 4.69) is 0 Å².